The molecule has 3 aromatic rings. The van der Waals surface area contributed by atoms with Gasteiger partial charge in [0.2, 0.25) is 0 Å². The first kappa shape index (κ1) is 11.1. The monoisotopic (exact) mass is 269 g/mol. The van der Waals surface area contributed by atoms with E-state index in [1.807, 2.05) is 0 Å². The molecule has 0 amide bonds. The van der Waals surface area contributed by atoms with Crippen molar-refractivity contribution in [1.29, 1.82) is 0 Å². The van der Waals surface area contributed by atoms with Crippen molar-refractivity contribution in [3.63, 3.8) is 0 Å². The highest BCUT2D eigenvalue weighted by Crippen LogP contribution is 2.33. The zero-order valence-corrected chi connectivity index (χ0v) is 11.4. The molecular formula is C15H15N3S. The summed E-state index contributed by atoms with van der Waals surface area (Å²) >= 11 is 1.75. The van der Waals surface area contributed by atoms with Crippen LogP contribution in [0.1, 0.15) is 12.8 Å². The number of fused-ring (bicyclic) bond motifs is 1. The molecule has 96 valence electrons. The van der Waals surface area contributed by atoms with Gasteiger partial charge in [-0.3, -0.25) is 0 Å². The largest absolute Gasteiger partial charge is 0.360 e. The summed E-state index contributed by atoms with van der Waals surface area (Å²) < 4.78 is 0. The van der Waals surface area contributed by atoms with E-state index in [-0.39, 0.29) is 0 Å². The first-order valence-electron chi connectivity index (χ1n) is 6.69. The summed E-state index contributed by atoms with van der Waals surface area (Å²) in [6.07, 6.45) is 4.65. The maximum absolute atomic E-state index is 4.81. The van der Waals surface area contributed by atoms with Crippen molar-refractivity contribution >= 4 is 27.4 Å². The van der Waals surface area contributed by atoms with E-state index in [1.165, 1.54) is 29.3 Å². The molecule has 1 saturated heterocycles. The van der Waals surface area contributed by atoms with E-state index in [2.05, 4.69) is 45.7 Å². The summed E-state index contributed by atoms with van der Waals surface area (Å²) in [5.74, 6) is 0. The maximum atomic E-state index is 4.81. The Morgan fingerprint density at radius 2 is 2.00 bits per heavy atom. The lowest BCUT2D eigenvalue weighted by molar-refractivity contribution is 0.949. The van der Waals surface area contributed by atoms with Gasteiger partial charge in [0.05, 0.1) is 5.69 Å². The normalized spacial score (nSPS) is 15.5. The van der Waals surface area contributed by atoms with Crippen LogP contribution >= 0.6 is 11.3 Å². The summed E-state index contributed by atoms with van der Waals surface area (Å²) in [4.78, 5) is 10.5. The van der Waals surface area contributed by atoms with Crippen molar-refractivity contribution in [3.8, 4) is 11.3 Å². The molecule has 4 rings (SSSR count). The van der Waals surface area contributed by atoms with Crippen molar-refractivity contribution in [2.24, 2.45) is 0 Å². The van der Waals surface area contributed by atoms with E-state index in [0.29, 0.717) is 0 Å². The van der Waals surface area contributed by atoms with Crippen LogP contribution in [0.25, 0.3) is 22.2 Å². The maximum Gasteiger partial charge on any atom is 0.185 e. The van der Waals surface area contributed by atoms with Crippen LogP contribution in [-0.4, -0.2) is 23.1 Å². The molecule has 1 aliphatic rings. The number of nitrogens with one attached hydrogen (secondary N) is 1. The Bertz CT molecular complexity index is 707. The van der Waals surface area contributed by atoms with Crippen LogP contribution in [0.4, 0.5) is 5.13 Å². The second-order valence-electron chi connectivity index (χ2n) is 4.96. The fourth-order valence-electron chi connectivity index (χ4n) is 2.73. The Balaban J connectivity index is 1.76. The smallest absolute Gasteiger partial charge is 0.185 e. The van der Waals surface area contributed by atoms with Gasteiger partial charge < -0.3 is 9.88 Å². The highest BCUT2D eigenvalue weighted by atomic mass is 32.1. The first-order chi connectivity index (χ1) is 9.42. The van der Waals surface area contributed by atoms with Crippen molar-refractivity contribution in [2.75, 3.05) is 18.0 Å². The number of hydrogen-bond acceptors (Lipinski definition) is 3. The number of aromatic amines is 1. The van der Waals surface area contributed by atoms with Crippen molar-refractivity contribution in [3.05, 3.63) is 35.8 Å². The minimum absolute atomic E-state index is 1.09. The minimum Gasteiger partial charge on any atom is -0.360 e. The summed E-state index contributed by atoms with van der Waals surface area (Å²) in [7, 11) is 0. The van der Waals surface area contributed by atoms with Crippen molar-refractivity contribution in [2.45, 2.75) is 12.8 Å². The molecular weight excluding hydrogens is 254 g/mol. The van der Waals surface area contributed by atoms with E-state index in [9.17, 15) is 0 Å². The molecule has 19 heavy (non-hydrogen) atoms. The van der Waals surface area contributed by atoms with Gasteiger partial charge in [-0.15, -0.1) is 11.3 Å². The number of para-hydroxylation sites is 1. The molecule has 3 heterocycles. The van der Waals surface area contributed by atoms with Crippen LogP contribution in [0.3, 0.4) is 0 Å². The average Bonchev–Trinajstić information content (AvgIpc) is 3.18. The highest BCUT2D eigenvalue weighted by Gasteiger charge is 2.17. The van der Waals surface area contributed by atoms with E-state index in [4.69, 9.17) is 4.98 Å². The fourth-order valence-corrected chi connectivity index (χ4v) is 3.60. The van der Waals surface area contributed by atoms with Crippen LogP contribution < -0.4 is 4.90 Å². The minimum atomic E-state index is 1.09. The SMILES string of the molecule is c1ccc2c(-c3csc(N4CCCC4)n3)c[nH]c2c1. The third kappa shape index (κ3) is 1.83. The van der Waals surface area contributed by atoms with Crippen molar-refractivity contribution in [1.82, 2.24) is 9.97 Å². The van der Waals surface area contributed by atoms with E-state index >= 15 is 0 Å². The molecule has 0 saturated carbocycles. The number of benzene rings is 1. The Kier molecular flexibility index (Phi) is 2.55. The van der Waals surface area contributed by atoms with Gasteiger partial charge in [-0.25, -0.2) is 4.98 Å². The molecule has 1 fully saturated rings. The highest BCUT2D eigenvalue weighted by molar-refractivity contribution is 7.14. The number of anilines is 1. The Hall–Kier alpha value is -1.81. The molecule has 1 N–H and O–H groups in total. The van der Waals surface area contributed by atoms with Gasteiger partial charge in [-0.05, 0) is 18.9 Å². The Labute approximate surface area is 115 Å². The third-order valence-corrected chi connectivity index (χ3v) is 4.64. The van der Waals surface area contributed by atoms with Crippen LogP contribution in [0.15, 0.2) is 35.8 Å². The zero-order valence-electron chi connectivity index (χ0n) is 10.6. The number of thiazole rings is 1. The average molecular weight is 269 g/mol. The van der Waals surface area contributed by atoms with Crippen molar-refractivity contribution < 1.29 is 0 Å². The third-order valence-electron chi connectivity index (χ3n) is 3.73. The molecule has 0 aliphatic carbocycles. The quantitative estimate of drug-likeness (QED) is 0.765. The van der Waals surface area contributed by atoms with E-state index in [1.54, 1.807) is 11.3 Å². The van der Waals surface area contributed by atoms with E-state index in [0.717, 1.165) is 23.9 Å². The van der Waals surface area contributed by atoms with Gasteiger partial charge in [-0.2, -0.15) is 0 Å². The second kappa shape index (κ2) is 4.38. The lowest BCUT2D eigenvalue weighted by atomic mass is 10.1. The predicted octanol–water partition coefficient (Wildman–Crippen LogP) is 3.89. The van der Waals surface area contributed by atoms with Gasteiger partial charge in [0.15, 0.2) is 5.13 Å². The predicted molar refractivity (Wildman–Crippen MR) is 80.9 cm³/mol. The number of aromatic nitrogens is 2. The molecule has 0 radical (unpaired) electrons. The molecule has 0 unspecified atom stereocenters. The molecule has 0 bridgehead atoms. The Morgan fingerprint density at radius 1 is 1.16 bits per heavy atom. The molecule has 1 aliphatic heterocycles. The van der Waals surface area contributed by atoms with Gasteiger partial charge in [-0.1, -0.05) is 18.2 Å². The van der Waals surface area contributed by atoms with Crippen LogP contribution in [0.5, 0.6) is 0 Å². The second-order valence-corrected chi connectivity index (χ2v) is 5.79. The van der Waals surface area contributed by atoms with Gasteiger partial charge in [0.25, 0.3) is 0 Å². The van der Waals surface area contributed by atoms with Crippen LogP contribution in [0.2, 0.25) is 0 Å². The molecule has 0 spiro atoms. The number of nitrogens with zero attached hydrogens (tertiary/aromatic N) is 2. The summed E-state index contributed by atoms with van der Waals surface area (Å²) in [5, 5.41) is 4.59. The molecule has 2 aromatic heterocycles. The standard InChI is InChI=1S/C15H15N3S/c1-2-6-13-11(5-1)12(9-16-13)14-10-19-15(17-14)18-7-3-4-8-18/h1-2,5-6,9-10,16H,3-4,7-8H2. The van der Waals surface area contributed by atoms with Crippen LogP contribution in [-0.2, 0) is 0 Å². The van der Waals surface area contributed by atoms with Gasteiger partial charge in [0.1, 0.15) is 0 Å². The molecule has 0 atom stereocenters. The zero-order chi connectivity index (χ0) is 12.7. The van der Waals surface area contributed by atoms with Gasteiger partial charge >= 0.3 is 0 Å². The fraction of sp³-hybridized carbons (Fsp3) is 0.267. The first-order valence-corrected chi connectivity index (χ1v) is 7.57. The van der Waals surface area contributed by atoms with Crippen LogP contribution in [0, 0.1) is 0 Å². The lowest BCUT2D eigenvalue weighted by Crippen LogP contribution is -2.17. The number of rotatable bonds is 2. The lowest BCUT2D eigenvalue weighted by Gasteiger charge is -2.12. The van der Waals surface area contributed by atoms with E-state index < -0.39 is 0 Å². The topological polar surface area (TPSA) is 31.9 Å². The summed E-state index contributed by atoms with van der Waals surface area (Å²) in [6, 6.07) is 8.38. The number of hydrogen-bond donors (Lipinski definition) is 1. The molecule has 3 nitrogen and oxygen atoms in total. The molecule has 4 heteroatoms. The number of H-pyrrole nitrogens is 1. The Morgan fingerprint density at radius 3 is 2.89 bits per heavy atom. The summed E-state index contributed by atoms with van der Waals surface area (Å²) in [5.41, 5.74) is 3.47. The summed E-state index contributed by atoms with van der Waals surface area (Å²) in [6.45, 7) is 2.31. The molecule has 1 aromatic carbocycles. The van der Waals surface area contributed by atoms with Gasteiger partial charge in [0, 0.05) is 41.1 Å².